The van der Waals surface area contributed by atoms with Gasteiger partial charge in [0, 0.05) is 43.6 Å². The Hall–Kier alpha value is -3.07. The van der Waals surface area contributed by atoms with Crippen molar-refractivity contribution in [2.45, 2.75) is 38.1 Å². The van der Waals surface area contributed by atoms with Crippen LogP contribution in [0.3, 0.4) is 0 Å². The molecule has 1 fully saturated rings. The highest BCUT2D eigenvalue weighted by atomic mass is 32.2. The molecular weight excluding hydrogens is 488 g/mol. The first kappa shape index (κ1) is 24.6. The molecule has 186 valence electrons. The van der Waals surface area contributed by atoms with Crippen molar-refractivity contribution in [3.8, 4) is 11.1 Å². The van der Waals surface area contributed by atoms with E-state index in [1.807, 2.05) is 19.1 Å². The van der Waals surface area contributed by atoms with Crippen LogP contribution in [0.1, 0.15) is 29.4 Å². The van der Waals surface area contributed by atoms with E-state index in [9.17, 15) is 8.42 Å². The van der Waals surface area contributed by atoms with Crippen LogP contribution in [-0.2, 0) is 16.4 Å². The summed E-state index contributed by atoms with van der Waals surface area (Å²) in [4.78, 5) is 7.22. The molecule has 0 bridgehead atoms. The number of hydrogen-bond acceptors (Lipinski definition) is 6. The van der Waals surface area contributed by atoms with Gasteiger partial charge in [-0.15, -0.1) is 0 Å². The van der Waals surface area contributed by atoms with Crippen LogP contribution in [0.2, 0.25) is 0 Å². The topological polar surface area (TPSA) is 66.4 Å². The van der Waals surface area contributed by atoms with E-state index >= 15 is 0 Å². The van der Waals surface area contributed by atoms with Gasteiger partial charge in [-0.3, -0.25) is 0 Å². The van der Waals surface area contributed by atoms with E-state index in [2.05, 4.69) is 71.7 Å². The molecule has 0 spiro atoms. The van der Waals surface area contributed by atoms with Crippen molar-refractivity contribution in [3.63, 3.8) is 0 Å². The van der Waals surface area contributed by atoms with Crippen molar-refractivity contribution in [2.24, 2.45) is 0 Å². The largest absolute Gasteiger partial charge is 0.344 e. The molecule has 3 aromatic carbocycles. The average molecular weight is 519 g/mol. The Morgan fingerprint density at radius 2 is 1.44 bits per heavy atom. The van der Waals surface area contributed by atoms with Crippen LogP contribution in [0.25, 0.3) is 11.1 Å². The van der Waals surface area contributed by atoms with Crippen LogP contribution < -0.4 is 4.90 Å². The van der Waals surface area contributed by atoms with E-state index in [4.69, 9.17) is 4.98 Å². The Morgan fingerprint density at radius 3 is 2.06 bits per heavy atom. The maximum atomic E-state index is 13.4. The zero-order valence-corrected chi connectivity index (χ0v) is 22.4. The number of hydrogen-bond donors (Lipinski definition) is 0. The summed E-state index contributed by atoms with van der Waals surface area (Å²) in [5.74, 6) is 0.801. The molecule has 8 heteroatoms. The number of piperazine rings is 1. The second-order valence-corrected chi connectivity index (χ2v) is 12.1. The minimum atomic E-state index is -3.59. The van der Waals surface area contributed by atoms with E-state index in [-0.39, 0.29) is 6.04 Å². The van der Waals surface area contributed by atoms with E-state index < -0.39 is 10.0 Å². The predicted molar refractivity (Wildman–Crippen MR) is 146 cm³/mol. The summed E-state index contributed by atoms with van der Waals surface area (Å²) in [7, 11) is -3.59. The quantitative estimate of drug-likeness (QED) is 0.346. The van der Waals surface area contributed by atoms with Gasteiger partial charge < -0.3 is 4.90 Å². The third-order valence-corrected chi connectivity index (χ3v) is 9.47. The minimum Gasteiger partial charge on any atom is -0.344 e. The summed E-state index contributed by atoms with van der Waals surface area (Å²) < 4.78 is 33.0. The highest BCUT2D eigenvalue weighted by molar-refractivity contribution is 7.89. The monoisotopic (exact) mass is 518 g/mol. The Kier molecular flexibility index (Phi) is 6.92. The van der Waals surface area contributed by atoms with Gasteiger partial charge in [-0.25, -0.2) is 13.4 Å². The van der Waals surface area contributed by atoms with Gasteiger partial charge in [0.25, 0.3) is 0 Å². The highest BCUT2D eigenvalue weighted by Gasteiger charge is 2.34. The van der Waals surface area contributed by atoms with E-state index in [1.54, 1.807) is 16.4 Å². The fraction of sp³-hybridized carbons (Fsp3) is 0.286. The third kappa shape index (κ3) is 5.21. The van der Waals surface area contributed by atoms with Gasteiger partial charge in [0.1, 0.15) is 5.82 Å². The molecule has 6 nitrogen and oxygen atoms in total. The molecule has 0 amide bonds. The SMILES string of the molecule is Cc1ccc(Cc2nsc(N3CCN(S(=O)(=O)c4ccc(-c5ccc(C)cc5)cc4)C(C)C3)n2)cc1. The maximum Gasteiger partial charge on any atom is 0.243 e. The Bertz CT molecular complexity index is 1430. The minimum absolute atomic E-state index is 0.176. The van der Waals surface area contributed by atoms with Crippen molar-refractivity contribution in [1.29, 1.82) is 0 Å². The first-order valence-electron chi connectivity index (χ1n) is 12.1. The molecule has 1 aromatic heterocycles. The second kappa shape index (κ2) is 10.1. The fourth-order valence-corrected chi connectivity index (χ4v) is 6.84. The summed E-state index contributed by atoms with van der Waals surface area (Å²) in [5, 5.41) is 0.850. The number of rotatable bonds is 6. The molecule has 5 rings (SSSR count). The Labute approximate surface area is 217 Å². The van der Waals surface area contributed by atoms with Gasteiger partial charge in [0.15, 0.2) is 0 Å². The molecule has 1 aliphatic heterocycles. The van der Waals surface area contributed by atoms with Crippen molar-refractivity contribution >= 4 is 26.7 Å². The van der Waals surface area contributed by atoms with Gasteiger partial charge in [-0.05, 0) is 49.6 Å². The van der Waals surface area contributed by atoms with E-state index in [0.29, 0.717) is 31.0 Å². The normalized spacial score (nSPS) is 16.9. The fourth-order valence-electron chi connectivity index (χ4n) is 4.51. The van der Waals surface area contributed by atoms with Crippen molar-refractivity contribution < 1.29 is 8.42 Å². The van der Waals surface area contributed by atoms with Gasteiger partial charge in [0.05, 0.1) is 4.90 Å². The summed E-state index contributed by atoms with van der Waals surface area (Å²) >= 11 is 1.38. The lowest BCUT2D eigenvalue weighted by Gasteiger charge is -2.38. The van der Waals surface area contributed by atoms with Crippen LogP contribution in [0, 0.1) is 13.8 Å². The summed E-state index contributed by atoms with van der Waals surface area (Å²) in [6.45, 7) is 7.67. The molecule has 1 unspecified atom stereocenters. The van der Waals surface area contributed by atoms with Gasteiger partial charge in [0.2, 0.25) is 15.2 Å². The van der Waals surface area contributed by atoms with Crippen LogP contribution in [-0.4, -0.2) is 47.8 Å². The van der Waals surface area contributed by atoms with Crippen molar-refractivity contribution in [3.05, 3.63) is 95.3 Å². The number of anilines is 1. The number of sulfonamides is 1. The lowest BCUT2D eigenvalue weighted by Crippen LogP contribution is -2.54. The molecule has 1 atom stereocenters. The molecule has 2 heterocycles. The molecule has 1 saturated heterocycles. The summed E-state index contributed by atoms with van der Waals surface area (Å²) in [6, 6.07) is 23.7. The number of nitrogens with zero attached hydrogens (tertiary/aromatic N) is 4. The lowest BCUT2D eigenvalue weighted by atomic mass is 10.0. The van der Waals surface area contributed by atoms with Crippen molar-refractivity contribution in [2.75, 3.05) is 24.5 Å². The smallest absolute Gasteiger partial charge is 0.243 e. The first-order valence-corrected chi connectivity index (χ1v) is 14.3. The zero-order valence-electron chi connectivity index (χ0n) is 20.8. The van der Waals surface area contributed by atoms with E-state index in [0.717, 1.165) is 22.1 Å². The Balaban J connectivity index is 1.25. The van der Waals surface area contributed by atoms with E-state index in [1.165, 1.54) is 28.2 Å². The molecule has 0 N–H and O–H groups in total. The molecule has 0 aliphatic carbocycles. The van der Waals surface area contributed by atoms with Crippen LogP contribution in [0.5, 0.6) is 0 Å². The third-order valence-electron chi connectivity index (χ3n) is 6.62. The molecule has 0 radical (unpaired) electrons. The molecular formula is C28H30N4O2S2. The van der Waals surface area contributed by atoms with Crippen LogP contribution in [0.4, 0.5) is 5.13 Å². The highest BCUT2D eigenvalue weighted by Crippen LogP contribution is 2.28. The predicted octanol–water partition coefficient (Wildman–Crippen LogP) is 5.31. The molecule has 4 aromatic rings. The maximum absolute atomic E-state index is 13.4. The second-order valence-electron chi connectivity index (χ2n) is 9.46. The first-order chi connectivity index (χ1) is 17.3. The number of aromatic nitrogens is 2. The Morgan fingerprint density at radius 1 is 0.861 bits per heavy atom. The lowest BCUT2D eigenvalue weighted by molar-refractivity contribution is 0.306. The van der Waals surface area contributed by atoms with Crippen LogP contribution in [0.15, 0.2) is 77.7 Å². The standard InChI is InChI=1S/C28H30N4O2S2/c1-20-4-8-23(9-5-20)18-27-29-28(35-30-27)31-16-17-32(22(3)19-31)36(33,34)26-14-12-25(13-15-26)24-10-6-21(2)7-11-24/h4-15,22H,16-19H2,1-3H3. The summed E-state index contributed by atoms with van der Waals surface area (Å²) in [5.41, 5.74) is 5.69. The van der Waals surface area contributed by atoms with Gasteiger partial charge in [-0.2, -0.15) is 8.68 Å². The van der Waals surface area contributed by atoms with Gasteiger partial charge >= 0.3 is 0 Å². The van der Waals surface area contributed by atoms with Gasteiger partial charge in [-0.1, -0.05) is 71.8 Å². The number of aryl methyl sites for hydroxylation is 2. The van der Waals surface area contributed by atoms with Crippen molar-refractivity contribution in [1.82, 2.24) is 13.7 Å². The number of benzene rings is 3. The molecule has 36 heavy (non-hydrogen) atoms. The van der Waals surface area contributed by atoms with Crippen LogP contribution >= 0.6 is 11.5 Å². The average Bonchev–Trinajstić information content (AvgIpc) is 3.34. The summed E-state index contributed by atoms with van der Waals surface area (Å²) in [6.07, 6.45) is 0.694. The molecule has 0 saturated carbocycles. The molecule has 1 aliphatic rings. The zero-order chi connectivity index (χ0) is 25.3.